The van der Waals surface area contributed by atoms with Gasteiger partial charge in [0.05, 0.1) is 4.92 Å². The Labute approximate surface area is 154 Å². The maximum Gasteiger partial charge on any atom is 0.355 e. The smallest absolute Gasteiger partial charge is 0.355 e. The van der Waals surface area contributed by atoms with Gasteiger partial charge in [-0.25, -0.2) is 4.79 Å². The summed E-state index contributed by atoms with van der Waals surface area (Å²) in [5.74, 6) is -1.70. The van der Waals surface area contributed by atoms with Gasteiger partial charge in [0.2, 0.25) is 0 Å². The van der Waals surface area contributed by atoms with Crippen LogP contribution in [0.1, 0.15) is 44.6 Å². The number of Topliss-reactive ketones (excluding diaryl/α,β-unsaturated/α-hetero) is 1. The summed E-state index contributed by atoms with van der Waals surface area (Å²) in [6.45, 7) is 5.64. The van der Waals surface area contributed by atoms with Crippen molar-refractivity contribution in [3.63, 3.8) is 0 Å². The summed E-state index contributed by atoms with van der Waals surface area (Å²) in [4.78, 5) is 49.1. The van der Waals surface area contributed by atoms with Gasteiger partial charge in [0.1, 0.15) is 11.4 Å². The van der Waals surface area contributed by atoms with Crippen LogP contribution >= 0.6 is 0 Å². The van der Waals surface area contributed by atoms with E-state index in [1.54, 1.807) is 26.8 Å². The third-order valence-electron chi connectivity index (χ3n) is 4.04. The maximum absolute atomic E-state index is 12.2. The lowest BCUT2D eigenvalue weighted by molar-refractivity contribution is -0.384. The molecule has 2 aromatic rings. The number of nitrogens with one attached hydrogen (secondary N) is 2. The molecular weight excluding hydrogens is 354 g/mol. The fourth-order valence-corrected chi connectivity index (χ4v) is 2.83. The molecule has 0 fully saturated rings. The molecule has 0 unspecified atom stereocenters. The topological polar surface area (TPSA) is 131 Å². The molecule has 9 heteroatoms. The molecule has 1 aromatic heterocycles. The molecule has 0 aliphatic rings. The van der Waals surface area contributed by atoms with Gasteiger partial charge in [0, 0.05) is 17.3 Å². The van der Waals surface area contributed by atoms with Gasteiger partial charge in [-0.2, -0.15) is 0 Å². The molecule has 0 radical (unpaired) electrons. The summed E-state index contributed by atoms with van der Waals surface area (Å²) in [7, 11) is 0. The second-order valence-electron chi connectivity index (χ2n) is 6.03. The molecule has 0 atom stereocenters. The van der Waals surface area contributed by atoms with Crippen molar-refractivity contribution in [1.82, 2.24) is 4.98 Å². The second kappa shape index (κ2) is 7.81. The number of benzene rings is 1. The molecule has 27 heavy (non-hydrogen) atoms. The average molecular weight is 373 g/mol. The Morgan fingerprint density at radius 3 is 2.44 bits per heavy atom. The predicted molar refractivity (Wildman–Crippen MR) is 97.0 cm³/mol. The number of nitro groups is 1. The lowest BCUT2D eigenvalue weighted by Crippen LogP contribution is -2.22. The molecule has 0 saturated carbocycles. The molecule has 0 saturated heterocycles. The number of nitro benzene ring substituents is 1. The van der Waals surface area contributed by atoms with Crippen LogP contribution in [0, 0.1) is 30.9 Å². The lowest BCUT2D eigenvalue weighted by atomic mass is 10.1. The van der Waals surface area contributed by atoms with E-state index < -0.39 is 23.4 Å². The molecule has 0 aliphatic heterocycles. The molecular formula is C18H19N3O6. The standard InChI is InChI=1S/C18H19N3O6/c1-9-6-5-7-13(21(25)26)16(9)20-14(23)8-27-18(24)17-10(2)15(12(4)22)11(3)19-17/h5-7,19H,8H2,1-4H3,(H,20,23). The highest BCUT2D eigenvalue weighted by molar-refractivity contribution is 6.02. The number of carbonyl (C=O) groups is 3. The van der Waals surface area contributed by atoms with E-state index in [1.165, 1.54) is 19.1 Å². The predicted octanol–water partition coefficient (Wildman–Crippen LogP) is 2.85. The van der Waals surface area contributed by atoms with Crippen molar-refractivity contribution in [2.75, 3.05) is 11.9 Å². The van der Waals surface area contributed by atoms with E-state index in [2.05, 4.69) is 10.3 Å². The lowest BCUT2D eigenvalue weighted by Gasteiger charge is -2.09. The summed E-state index contributed by atoms with van der Waals surface area (Å²) in [6, 6.07) is 4.39. The molecule has 2 rings (SSSR count). The Kier molecular flexibility index (Phi) is 5.74. The van der Waals surface area contributed by atoms with Crippen LogP contribution in [-0.2, 0) is 9.53 Å². The molecule has 1 heterocycles. The minimum absolute atomic E-state index is 0.0503. The summed E-state index contributed by atoms with van der Waals surface area (Å²) < 4.78 is 4.97. The summed E-state index contributed by atoms with van der Waals surface area (Å²) in [6.07, 6.45) is 0. The summed E-state index contributed by atoms with van der Waals surface area (Å²) >= 11 is 0. The maximum atomic E-state index is 12.2. The van der Waals surface area contributed by atoms with Crippen LogP contribution in [0.25, 0.3) is 0 Å². The first-order valence-corrected chi connectivity index (χ1v) is 8.04. The van der Waals surface area contributed by atoms with Crippen molar-refractivity contribution in [3.05, 3.63) is 56.4 Å². The van der Waals surface area contributed by atoms with Crippen LogP contribution in [0.2, 0.25) is 0 Å². The first kappa shape index (κ1) is 19.8. The highest BCUT2D eigenvalue weighted by Gasteiger charge is 2.22. The number of ether oxygens (including phenoxy) is 1. The van der Waals surface area contributed by atoms with Gasteiger partial charge in [0.25, 0.3) is 11.6 Å². The first-order valence-electron chi connectivity index (χ1n) is 8.04. The molecule has 142 valence electrons. The van der Waals surface area contributed by atoms with Crippen LogP contribution in [0.3, 0.4) is 0 Å². The van der Waals surface area contributed by atoms with Crippen molar-refractivity contribution >= 4 is 29.0 Å². The molecule has 0 aliphatic carbocycles. The van der Waals surface area contributed by atoms with Crippen LogP contribution in [0.15, 0.2) is 18.2 Å². The quantitative estimate of drug-likeness (QED) is 0.346. The molecule has 1 amide bonds. The van der Waals surface area contributed by atoms with Gasteiger partial charge in [-0.1, -0.05) is 12.1 Å². The minimum atomic E-state index is -0.794. The zero-order chi connectivity index (χ0) is 20.3. The van der Waals surface area contributed by atoms with Gasteiger partial charge in [-0.15, -0.1) is 0 Å². The number of aryl methyl sites for hydroxylation is 2. The fourth-order valence-electron chi connectivity index (χ4n) is 2.83. The highest BCUT2D eigenvalue weighted by atomic mass is 16.6. The van der Waals surface area contributed by atoms with Crippen molar-refractivity contribution in [1.29, 1.82) is 0 Å². The Balaban J connectivity index is 2.09. The Morgan fingerprint density at radius 1 is 1.22 bits per heavy atom. The number of nitrogens with zero attached hydrogens (tertiary/aromatic N) is 1. The van der Waals surface area contributed by atoms with E-state index in [0.29, 0.717) is 22.4 Å². The Bertz CT molecular complexity index is 945. The molecule has 9 nitrogen and oxygen atoms in total. The molecule has 0 bridgehead atoms. The van der Waals surface area contributed by atoms with E-state index in [0.717, 1.165) is 0 Å². The second-order valence-corrected chi connectivity index (χ2v) is 6.03. The molecule has 0 spiro atoms. The van der Waals surface area contributed by atoms with Crippen LogP contribution < -0.4 is 5.32 Å². The number of anilines is 1. The van der Waals surface area contributed by atoms with E-state index in [-0.39, 0.29) is 22.9 Å². The fraction of sp³-hybridized carbons (Fsp3) is 0.278. The number of para-hydroxylation sites is 1. The molecule has 1 aromatic carbocycles. The summed E-state index contributed by atoms with van der Waals surface area (Å²) in [5, 5.41) is 13.5. The SMILES string of the molecule is CC(=O)c1c(C)[nH]c(C(=O)OCC(=O)Nc2c(C)cccc2[N+](=O)[O-])c1C. The van der Waals surface area contributed by atoms with Crippen LogP contribution in [0.4, 0.5) is 11.4 Å². The normalized spacial score (nSPS) is 10.4. The number of aromatic nitrogens is 1. The van der Waals surface area contributed by atoms with Crippen molar-refractivity contribution < 1.29 is 24.0 Å². The number of rotatable bonds is 6. The highest BCUT2D eigenvalue weighted by Crippen LogP contribution is 2.27. The zero-order valence-corrected chi connectivity index (χ0v) is 15.3. The number of ketones is 1. The van der Waals surface area contributed by atoms with Crippen LogP contribution in [-0.4, -0.2) is 34.2 Å². The number of esters is 1. The Hall–Kier alpha value is -3.49. The van der Waals surface area contributed by atoms with Crippen molar-refractivity contribution in [3.8, 4) is 0 Å². The zero-order valence-electron chi connectivity index (χ0n) is 15.3. The third kappa shape index (κ3) is 4.20. The van der Waals surface area contributed by atoms with Crippen LogP contribution in [0.5, 0.6) is 0 Å². The largest absolute Gasteiger partial charge is 0.451 e. The van der Waals surface area contributed by atoms with Gasteiger partial charge in [-0.3, -0.25) is 19.7 Å². The Morgan fingerprint density at radius 2 is 1.89 bits per heavy atom. The summed E-state index contributed by atoms with van der Waals surface area (Å²) in [5.41, 5.74) is 1.78. The van der Waals surface area contributed by atoms with E-state index in [1.807, 2.05) is 0 Å². The van der Waals surface area contributed by atoms with E-state index in [4.69, 9.17) is 4.74 Å². The van der Waals surface area contributed by atoms with Gasteiger partial charge >= 0.3 is 5.97 Å². The van der Waals surface area contributed by atoms with E-state index >= 15 is 0 Å². The third-order valence-corrected chi connectivity index (χ3v) is 4.04. The number of hydrogen-bond donors (Lipinski definition) is 2. The van der Waals surface area contributed by atoms with Crippen molar-refractivity contribution in [2.24, 2.45) is 0 Å². The van der Waals surface area contributed by atoms with E-state index in [9.17, 15) is 24.5 Å². The number of H-pyrrole nitrogens is 1. The monoisotopic (exact) mass is 373 g/mol. The minimum Gasteiger partial charge on any atom is -0.451 e. The van der Waals surface area contributed by atoms with Gasteiger partial charge in [0.15, 0.2) is 12.4 Å². The van der Waals surface area contributed by atoms with Gasteiger partial charge in [-0.05, 0) is 38.8 Å². The molecule has 2 N–H and O–H groups in total. The van der Waals surface area contributed by atoms with Gasteiger partial charge < -0.3 is 15.0 Å². The van der Waals surface area contributed by atoms with Crippen molar-refractivity contribution in [2.45, 2.75) is 27.7 Å². The number of amides is 1. The number of carbonyl (C=O) groups excluding carboxylic acids is 3. The average Bonchev–Trinajstić information content (AvgIpc) is 2.88. The number of aromatic amines is 1. The first-order chi connectivity index (χ1) is 12.6. The number of hydrogen-bond acceptors (Lipinski definition) is 6.